The molecule has 0 spiro atoms. The number of rotatable bonds is 7. The molecule has 0 bridgehead atoms. The zero-order valence-corrected chi connectivity index (χ0v) is 18.1. The zero-order valence-electron chi connectivity index (χ0n) is 17.3. The van der Waals surface area contributed by atoms with Crippen LogP contribution >= 0.6 is 11.3 Å². The standard InChI is InChI=1S/C23H23N3O4S/c1-23(17-7-5-16-13-18(30-2)8-6-15(16)12-17)21(28)26(22(29)25-23)14-20(27)24-10-9-19-4-3-11-31-19/h3-8,11-13H,9-10,14H2,1-2H3,(H,24,27)(H,25,29). The van der Waals surface area contributed by atoms with Crippen LogP contribution in [-0.4, -0.2) is 42.9 Å². The lowest BCUT2D eigenvalue weighted by molar-refractivity contribution is -0.134. The summed E-state index contributed by atoms with van der Waals surface area (Å²) in [7, 11) is 1.61. The first-order chi connectivity index (χ1) is 14.9. The van der Waals surface area contributed by atoms with E-state index in [1.807, 2.05) is 53.9 Å². The van der Waals surface area contributed by atoms with Crippen molar-refractivity contribution in [2.75, 3.05) is 20.2 Å². The third-order valence-corrected chi connectivity index (χ3v) is 6.41. The van der Waals surface area contributed by atoms with Crippen molar-refractivity contribution in [1.82, 2.24) is 15.5 Å². The van der Waals surface area contributed by atoms with Crippen molar-refractivity contribution in [2.24, 2.45) is 0 Å². The average molecular weight is 438 g/mol. The normalized spacial score (nSPS) is 18.3. The Balaban J connectivity index is 1.46. The summed E-state index contributed by atoms with van der Waals surface area (Å²) in [6, 6.07) is 14.6. The van der Waals surface area contributed by atoms with Gasteiger partial charge in [0.2, 0.25) is 5.91 Å². The van der Waals surface area contributed by atoms with Gasteiger partial charge in [0.1, 0.15) is 17.8 Å². The Hall–Kier alpha value is -3.39. The van der Waals surface area contributed by atoms with E-state index in [-0.39, 0.29) is 12.5 Å². The van der Waals surface area contributed by atoms with Gasteiger partial charge in [-0.2, -0.15) is 0 Å². The molecular formula is C23H23N3O4S. The van der Waals surface area contributed by atoms with Crippen LogP contribution in [0.3, 0.4) is 0 Å². The van der Waals surface area contributed by atoms with Gasteiger partial charge in [-0.3, -0.25) is 14.5 Å². The summed E-state index contributed by atoms with van der Waals surface area (Å²) in [5.41, 5.74) is -0.577. The number of methoxy groups -OCH3 is 1. The van der Waals surface area contributed by atoms with E-state index >= 15 is 0 Å². The smallest absolute Gasteiger partial charge is 0.325 e. The largest absolute Gasteiger partial charge is 0.497 e. The summed E-state index contributed by atoms with van der Waals surface area (Å²) >= 11 is 1.62. The highest BCUT2D eigenvalue weighted by Crippen LogP contribution is 2.31. The first-order valence-corrected chi connectivity index (χ1v) is 10.8. The van der Waals surface area contributed by atoms with E-state index in [1.165, 1.54) is 0 Å². The van der Waals surface area contributed by atoms with Crippen LogP contribution < -0.4 is 15.4 Å². The molecule has 31 heavy (non-hydrogen) atoms. The summed E-state index contributed by atoms with van der Waals surface area (Å²) in [5.74, 6) is -0.0679. The highest BCUT2D eigenvalue weighted by Gasteiger charge is 2.49. The number of amides is 4. The number of carbonyl (C=O) groups excluding carboxylic acids is 3. The molecule has 1 aliphatic rings. The SMILES string of the molecule is COc1ccc2cc(C3(C)NC(=O)N(CC(=O)NCCc4cccs4)C3=O)ccc2c1. The summed E-state index contributed by atoms with van der Waals surface area (Å²) < 4.78 is 5.25. The molecule has 160 valence electrons. The van der Waals surface area contributed by atoms with Crippen molar-refractivity contribution < 1.29 is 19.1 Å². The second kappa shape index (κ2) is 8.39. The molecule has 1 fully saturated rings. The van der Waals surface area contributed by atoms with Gasteiger partial charge in [0, 0.05) is 11.4 Å². The molecule has 0 saturated carbocycles. The number of fused-ring (bicyclic) bond motifs is 1. The Bertz CT molecular complexity index is 1140. The van der Waals surface area contributed by atoms with Crippen molar-refractivity contribution in [2.45, 2.75) is 18.9 Å². The third-order valence-electron chi connectivity index (χ3n) is 5.48. The first-order valence-electron chi connectivity index (χ1n) is 9.92. The third kappa shape index (κ3) is 4.11. The number of thiophene rings is 1. The van der Waals surface area contributed by atoms with Crippen molar-refractivity contribution >= 4 is 40.0 Å². The second-order valence-corrected chi connectivity index (χ2v) is 8.59. The Morgan fingerprint density at radius 1 is 1.16 bits per heavy atom. The summed E-state index contributed by atoms with van der Waals surface area (Å²) in [6.07, 6.45) is 0.711. The molecule has 4 amide bonds. The van der Waals surface area contributed by atoms with E-state index in [0.717, 1.165) is 26.3 Å². The molecule has 1 aromatic heterocycles. The number of imide groups is 1. The molecule has 8 heteroatoms. The van der Waals surface area contributed by atoms with Crippen LogP contribution in [0.15, 0.2) is 53.9 Å². The minimum Gasteiger partial charge on any atom is -0.497 e. The maximum absolute atomic E-state index is 13.1. The van der Waals surface area contributed by atoms with Gasteiger partial charge >= 0.3 is 6.03 Å². The molecule has 4 rings (SSSR count). The number of ether oxygens (including phenoxy) is 1. The van der Waals surface area contributed by atoms with Crippen LogP contribution in [0.4, 0.5) is 4.79 Å². The molecule has 0 radical (unpaired) electrons. The van der Waals surface area contributed by atoms with Crippen molar-refractivity contribution in [1.29, 1.82) is 0 Å². The van der Waals surface area contributed by atoms with Gasteiger partial charge in [-0.1, -0.05) is 24.3 Å². The molecule has 2 aromatic carbocycles. The lowest BCUT2D eigenvalue weighted by Crippen LogP contribution is -2.43. The van der Waals surface area contributed by atoms with E-state index in [1.54, 1.807) is 25.4 Å². The molecule has 2 heterocycles. The number of hydrogen-bond acceptors (Lipinski definition) is 5. The summed E-state index contributed by atoms with van der Waals surface area (Å²) in [4.78, 5) is 40.1. The topological polar surface area (TPSA) is 87.7 Å². The van der Waals surface area contributed by atoms with E-state index < -0.39 is 17.5 Å². The Kier molecular flexibility index (Phi) is 5.65. The predicted octanol–water partition coefficient (Wildman–Crippen LogP) is 3.04. The number of urea groups is 1. The predicted molar refractivity (Wildman–Crippen MR) is 119 cm³/mol. The van der Waals surface area contributed by atoms with Gasteiger partial charge in [0.25, 0.3) is 5.91 Å². The molecule has 1 unspecified atom stereocenters. The Labute approximate surface area is 184 Å². The molecule has 1 aliphatic heterocycles. The number of carbonyl (C=O) groups is 3. The number of benzene rings is 2. The molecule has 3 aromatic rings. The number of hydrogen-bond donors (Lipinski definition) is 2. The Morgan fingerprint density at radius 3 is 2.68 bits per heavy atom. The fourth-order valence-electron chi connectivity index (χ4n) is 3.68. The van der Waals surface area contributed by atoms with Crippen LogP contribution in [-0.2, 0) is 21.5 Å². The maximum Gasteiger partial charge on any atom is 0.325 e. The Morgan fingerprint density at radius 2 is 1.94 bits per heavy atom. The minimum absolute atomic E-state index is 0.310. The quantitative estimate of drug-likeness (QED) is 0.556. The molecule has 2 N–H and O–H groups in total. The number of nitrogens with zero attached hydrogens (tertiary/aromatic N) is 1. The van der Waals surface area contributed by atoms with Crippen LogP contribution in [0.1, 0.15) is 17.4 Å². The van der Waals surface area contributed by atoms with Crippen LogP contribution in [0.25, 0.3) is 10.8 Å². The maximum atomic E-state index is 13.1. The number of nitrogens with one attached hydrogen (secondary N) is 2. The fraction of sp³-hybridized carbons (Fsp3) is 0.261. The van der Waals surface area contributed by atoms with E-state index in [4.69, 9.17) is 4.74 Å². The van der Waals surface area contributed by atoms with Crippen molar-refractivity contribution in [3.8, 4) is 5.75 Å². The molecular weight excluding hydrogens is 414 g/mol. The molecule has 0 aliphatic carbocycles. The van der Waals surface area contributed by atoms with Gasteiger partial charge in [0.15, 0.2) is 0 Å². The van der Waals surface area contributed by atoms with E-state index in [0.29, 0.717) is 18.5 Å². The van der Waals surface area contributed by atoms with Crippen molar-refractivity contribution in [3.63, 3.8) is 0 Å². The zero-order chi connectivity index (χ0) is 22.0. The lowest BCUT2D eigenvalue weighted by atomic mass is 9.90. The van der Waals surface area contributed by atoms with Gasteiger partial charge in [-0.15, -0.1) is 11.3 Å². The van der Waals surface area contributed by atoms with Crippen molar-refractivity contribution in [3.05, 3.63) is 64.4 Å². The van der Waals surface area contributed by atoms with Gasteiger partial charge in [0.05, 0.1) is 7.11 Å². The highest BCUT2D eigenvalue weighted by molar-refractivity contribution is 7.09. The molecule has 1 saturated heterocycles. The second-order valence-electron chi connectivity index (χ2n) is 7.55. The van der Waals surface area contributed by atoms with Gasteiger partial charge < -0.3 is 15.4 Å². The minimum atomic E-state index is -1.23. The van der Waals surface area contributed by atoms with Gasteiger partial charge in [-0.05, 0) is 59.3 Å². The van der Waals surface area contributed by atoms with E-state index in [9.17, 15) is 14.4 Å². The highest BCUT2D eigenvalue weighted by atomic mass is 32.1. The fourth-order valence-corrected chi connectivity index (χ4v) is 4.39. The molecule has 7 nitrogen and oxygen atoms in total. The van der Waals surface area contributed by atoms with Gasteiger partial charge in [-0.25, -0.2) is 4.79 Å². The van der Waals surface area contributed by atoms with Crippen LogP contribution in [0.2, 0.25) is 0 Å². The van der Waals surface area contributed by atoms with Crippen LogP contribution in [0.5, 0.6) is 5.75 Å². The summed E-state index contributed by atoms with van der Waals surface area (Å²) in [5, 5.41) is 9.39. The summed E-state index contributed by atoms with van der Waals surface area (Å²) in [6.45, 7) is 1.80. The monoisotopic (exact) mass is 437 g/mol. The first kappa shape index (κ1) is 20.9. The molecule has 1 atom stereocenters. The van der Waals surface area contributed by atoms with E-state index in [2.05, 4.69) is 10.6 Å². The average Bonchev–Trinajstić information content (AvgIpc) is 3.36. The lowest BCUT2D eigenvalue weighted by Gasteiger charge is -2.22. The van der Waals surface area contributed by atoms with Crippen LogP contribution in [0, 0.1) is 0 Å².